The summed E-state index contributed by atoms with van der Waals surface area (Å²) in [5, 5.41) is 3.24. The first kappa shape index (κ1) is 35.5. The number of aromatic nitrogens is 4. The summed E-state index contributed by atoms with van der Waals surface area (Å²) in [7, 11) is -1.43. The molecule has 7 heteroatoms. The first-order valence-corrected chi connectivity index (χ1v) is 23.3. The molecule has 0 bridgehead atoms. The number of furan rings is 1. The number of imidazole rings is 1. The predicted molar refractivity (Wildman–Crippen MR) is 245 cm³/mol. The van der Waals surface area contributed by atoms with Gasteiger partial charge in [-0.15, -0.1) is 53.5 Å². The molecule has 0 aliphatic heterocycles. The zero-order valence-electron chi connectivity index (χ0n) is 39.7. The maximum atomic E-state index is 7.88. The van der Waals surface area contributed by atoms with E-state index < -0.39 is 14.9 Å². The number of aryl methyl sites for hydroxylation is 1. The van der Waals surface area contributed by atoms with Crippen LogP contribution < -0.4 is 5.19 Å². The smallest absolute Gasteiger partial charge is 0.216 e. The van der Waals surface area contributed by atoms with E-state index in [1.807, 2.05) is 43.5 Å². The van der Waals surface area contributed by atoms with Crippen molar-refractivity contribution in [3.05, 3.63) is 162 Å². The van der Waals surface area contributed by atoms with Crippen molar-refractivity contribution in [2.45, 2.75) is 72.9 Å². The second-order valence-corrected chi connectivity index (χ2v) is 21.5. The third-order valence-corrected chi connectivity index (χ3v) is 12.6. The minimum Gasteiger partial charge on any atom is -0.486 e. The quantitative estimate of drug-likeness (QED) is 0.118. The molecule has 0 amide bonds. The third kappa shape index (κ3) is 8.38. The first-order valence-electron chi connectivity index (χ1n) is 22.3. The molecule has 299 valence electrons. The summed E-state index contributed by atoms with van der Waals surface area (Å²) in [6, 6.07) is 43.0. The van der Waals surface area contributed by atoms with Crippen LogP contribution in [0.2, 0.25) is 19.6 Å². The average molecular weight is 972 g/mol. The monoisotopic (exact) mass is 972 g/mol. The molecule has 0 atom stereocenters. The first-order chi connectivity index (χ1) is 29.9. The Labute approximate surface area is 370 Å². The zero-order valence-corrected chi connectivity index (χ0v) is 38.0. The molecule has 0 aliphatic carbocycles. The van der Waals surface area contributed by atoms with Crippen LogP contribution in [0.3, 0.4) is 0 Å². The molecule has 0 saturated carbocycles. The van der Waals surface area contributed by atoms with Gasteiger partial charge in [0, 0.05) is 49.9 Å². The molecule has 4 aromatic heterocycles. The molecule has 1 radical (unpaired) electrons. The predicted octanol–water partition coefficient (Wildman–Crippen LogP) is 13.4. The summed E-state index contributed by atoms with van der Waals surface area (Å²) >= 11 is 0. The number of para-hydroxylation sites is 2. The van der Waals surface area contributed by atoms with E-state index in [-0.39, 0.29) is 37.8 Å². The second kappa shape index (κ2) is 17.0. The van der Waals surface area contributed by atoms with Gasteiger partial charge in [-0.2, -0.15) is 0 Å². The Morgan fingerprint density at radius 1 is 0.780 bits per heavy atom. The average Bonchev–Trinajstić information content (AvgIpc) is 3.81. The minimum atomic E-state index is -2.47. The molecule has 4 heterocycles. The molecule has 5 aromatic carbocycles. The van der Waals surface area contributed by atoms with Crippen LogP contribution in [0, 0.1) is 25.9 Å². The molecule has 0 fully saturated rings. The maximum absolute atomic E-state index is 7.88. The SMILES string of the molecule is Cc1ccc2c(n1)oc1c(-c3nc4ccccc4n3-c3c(C(C)C)cc(-c4ccccc4)cc3C(C)C)[c-]ccc12.[2H]c1[c-]c(-c2ccc([Si](C)(C)C)cn2)cc([2H])c1C([2H])([2H])[2H].[Ir]. The summed E-state index contributed by atoms with van der Waals surface area (Å²) in [4.78, 5) is 14.3. The van der Waals surface area contributed by atoms with Gasteiger partial charge in [-0.3, -0.25) is 4.98 Å². The number of pyridine rings is 2. The Morgan fingerprint density at radius 3 is 2.17 bits per heavy atom. The molecular formula is C52H50IrN4OSi-2. The maximum Gasteiger partial charge on any atom is 0.216 e. The van der Waals surface area contributed by atoms with Gasteiger partial charge in [0.15, 0.2) is 0 Å². The number of fused-ring (bicyclic) bond motifs is 4. The summed E-state index contributed by atoms with van der Waals surface area (Å²) < 4.78 is 46.7. The van der Waals surface area contributed by atoms with Crippen LogP contribution in [-0.4, -0.2) is 27.6 Å². The Morgan fingerprint density at radius 2 is 1.51 bits per heavy atom. The van der Waals surface area contributed by atoms with E-state index in [0.29, 0.717) is 28.8 Å². The van der Waals surface area contributed by atoms with Gasteiger partial charge >= 0.3 is 0 Å². The molecule has 9 rings (SSSR count). The van der Waals surface area contributed by atoms with Gasteiger partial charge in [0.1, 0.15) is 0 Å². The van der Waals surface area contributed by atoms with Crippen molar-refractivity contribution < 1.29 is 31.4 Å². The molecule has 0 aliphatic rings. The van der Waals surface area contributed by atoms with Crippen LogP contribution in [0.1, 0.15) is 68.8 Å². The van der Waals surface area contributed by atoms with E-state index in [4.69, 9.17) is 16.3 Å². The number of nitrogens with zero attached hydrogens (tertiary/aromatic N) is 4. The van der Waals surface area contributed by atoms with Crippen molar-refractivity contribution in [1.29, 1.82) is 0 Å². The molecule has 9 aromatic rings. The summed E-state index contributed by atoms with van der Waals surface area (Å²) in [5.41, 5.74) is 12.2. The van der Waals surface area contributed by atoms with E-state index in [2.05, 4.69) is 147 Å². The van der Waals surface area contributed by atoms with Crippen molar-refractivity contribution in [2.24, 2.45) is 0 Å². The second-order valence-electron chi connectivity index (χ2n) is 16.5. The van der Waals surface area contributed by atoms with Crippen molar-refractivity contribution >= 4 is 46.4 Å². The van der Waals surface area contributed by atoms with Crippen molar-refractivity contribution in [2.75, 3.05) is 0 Å². The van der Waals surface area contributed by atoms with Crippen molar-refractivity contribution in [3.63, 3.8) is 0 Å². The van der Waals surface area contributed by atoms with E-state index >= 15 is 0 Å². The normalized spacial score (nSPS) is 13.1. The van der Waals surface area contributed by atoms with Crippen LogP contribution in [0.5, 0.6) is 0 Å². The summed E-state index contributed by atoms with van der Waals surface area (Å²) in [6.07, 6.45) is 1.82. The summed E-state index contributed by atoms with van der Waals surface area (Å²) in [5.74, 6) is 1.40. The topological polar surface area (TPSA) is 56.7 Å². The van der Waals surface area contributed by atoms with Gasteiger partial charge in [-0.25, -0.2) is 4.98 Å². The zero-order chi connectivity index (χ0) is 45.0. The summed E-state index contributed by atoms with van der Waals surface area (Å²) in [6.45, 7) is 15.3. The van der Waals surface area contributed by atoms with Crippen molar-refractivity contribution in [3.8, 4) is 39.5 Å². The molecule has 0 unspecified atom stereocenters. The van der Waals surface area contributed by atoms with Crippen LogP contribution >= 0.6 is 0 Å². The fourth-order valence-electron chi connectivity index (χ4n) is 7.40. The molecule has 0 N–H and O–H groups in total. The number of hydrogen-bond donors (Lipinski definition) is 0. The Balaban J connectivity index is 0.000000227. The fourth-order valence-corrected chi connectivity index (χ4v) is 8.43. The molecule has 0 spiro atoms. The number of rotatable bonds is 7. The van der Waals surface area contributed by atoms with Crippen molar-refractivity contribution in [1.82, 2.24) is 19.5 Å². The standard InChI is InChI=1S/C37H32N3O.C15H18NSi.Ir/c1-22(2)30-20-26(25-12-7-6-8-13-25)21-31(23(3)4)34(30)40-33-17-10-9-16-32(33)39-36(40)29-15-11-14-27-28-19-18-24(5)38-37(28)41-35(27)29;1-12-5-7-13(8-6-12)15-10-9-14(11-16-15)17(2,3)4;/h6-14,16-23H,1-5H3;5-7,9-11H,1-4H3;/q2*-1;/i;1D3,5D,6D;. The number of hydrogen-bond acceptors (Lipinski definition) is 4. The minimum absolute atomic E-state index is 0. The van der Waals surface area contributed by atoms with Gasteiger partial charge in [0.05, 0.1) is 30.5 Å². The Hall–Kier alpha value is -5.46. The largest absolute Gasteiger partial charge is 0.486 e. The fraction of sp³-hybridized carbons (Fsp3) is 0.212. The third-order valence-electron chi connectivity index (χ3n) is 10.6. The van der Waals surface area contributed by atoms with Crippen LogP contribution in [0.4, 0.5) is 0 Å². The van der Waals surface area contributed by atoms with Crippen LogP contribution in [0.15, 0.2) is 132 Å². The van der Waals surface area contributed by atoms with Gasteiger partial charge in [-0.05, 0) is 88.3 Å². The van der Waals surface area contributed by atoms with E-state index in [1.54, 1.807) is 0 Å². The van der Waals surface area contributed by atoms with Gasteiger partial charge < -0.3 is 14.0 Å². The van der Waals surface area contributed by atoms with Gasteiger partial charge in [0.2, 0.25) is 5.71 Å². The molecule has 59 heavy (non-hydrogen) atoms. The molecular weight excluding hydrogens is 917 g/mol. The van der Waals surface area contributed by atoms with Crippen LogP contribution in [-0.2, 0) is 20.1 Å². The number of benzene rings is 5. The van der Waals surface area contributed by atoms with Crippen LogP contribution in [0.25, 0.3) is 72.6 Å². The van der Waals surface area contributed by atoms with Gasteiger partial charge in [0.25, 0.3) is 0 Å². The molecule has 5 nitrogen and oxygen atoms in total. The Bertz CT molecular complexity index is 3080. The van der Waals surface area contributed by atoms with E-state index in [9.17, 15) is 0 Å². The molecule has 0 saturated heterocycles. The Kier molecular flexibility index (Phi) is 10.2. The van der Waals surface area contributed by atoms with Gasteiger partial charge in [-0.1, -0.05) is 120 Å². The van der Waals surface area contributed by atoms with E-state index in [1.165, 1.54) is 39.2 Å². The van der Waals surface area contributed by atoms with E-state index in [0.717, 1.165) is 44.5 Å².